The molecule has 0 radical (unpaired) electrons. The number of rotatable bonds is 6. The summed E-state index contributed by atoms with van der Waals surface area (Å²) < 4.78 is 0. The lowest BCUT2D eigenvalue weighted by molar-refractivity contribution is -0.119. The van der Waals surface area contributed by atoms with Crippen molar-refractivity contribution in [1.29, 1.82) is 0 Å². The number of hydrogen-bond donors (Lipinski definition) is 3. The molecule has 0 aliphatic carbocycles. The molecule has 0 saturated heterocycles. The summed E-state index contributed by atoms with van der Waals surface area (Å²) in [7, 11) is 0. The van der Waals surface area contributed by atoms with Gasteiger partial charge in [0.2, 0.25) is 5.91 Å². The van der Waals surface area contributed by atoms with Gasteiger partial charge in [-0.1, -0.05) is 18.2 Å². The highest BCUT2D eigenvalue weighted by atomic mass is 16.3. The van der Waals surface area contributed by atoms with Gasteiger partial charge in [0.1, 0.15) is 0 Å². The highest BCUT2D eigenvalue weighted by molar-refractivity contribution is 5.80. The lowest BCUT2D eigenvalue weighted by Gasteiger charge is -2.06. The molecule has 1 amide bonds. The Morgan fingerprint density at radius 2 is 2.00 bits per heavy atom. The average molecular weight is 208 g/mol. The third-order valence-electron chi connectivity index (χ3n) is 1.88. The fraction of sp³-hybridized carbons (Fsp3) is 0.364. The van der Waals surface area contributed by atoms with Crippen molar-refractivity contribution in [2.45, 2.75) is 6.42 Å². The van der Waals surface area contributed by atoms with Gasteiger partial charge in [-0.05, 0) is 18.6 Å². The minimum atomic E-state index is -0.0627. The van der Waals surface area contributed by atoms with E-state index >= 15 is 0 Å². The monoisotopic (exact) mass is 208 g/mol. The number of nitrogens with one attached hydrogen (secondary N) is 2. The Hall–Kier alpha value is -1.55. The standard InChI is InChI=1S/C11H16N2O2/c14-8-4-7-12-11(15)9-13-10-5-2-1-3-6-10/h1-3,5-6,13-14H,4,7-9H2,(H,12,15). The zero-order valence-electron chi connectivity index (χ0n) is 8.57. The van der Waals surface area contributed by atoms with Gasteiger partial charge in [-0.25, -0.2) is 0 Å². The van der Waals surface area contributed by atoms with E-state index in [-0.39, 0.29) is 19.1 Å². The lowest BCUT2D eigenvalue weighted by Crippen LogP contribution is -2.30. The van der Waals surface area contributed by atoms with Gasteiger partial charge in [-0.3, -0.25) is 4.79 Å². The van der Waals surface area contributed by atoms with Crippen LogP contribution in [0, 0.1) is 0 Å². The molecule has 0 spiro atoms. The normalized spacial score (nSPS) is 9.67. The summed E-state index contributed by atoms with van der Waals surface area (Å²) in [5, 5.41) is 14.2. The summed E-state index contributed by atoms with van der Waals surface area (Å²) in [5.74, 6) is -0.0627. The van der Waals surface area contributed by atoms with Gasteiger partial charge in [0.15, 0.2) is 0 Å². The molecule has 0 aromatic heterocycles. The first-order valence-corrected chi connectivity index (χ1v) is 4.99. The number of aliphatic hydroxyl groups excluding tert-OH is 1. The summed E-state index contributed by atoms with van der Waals surface area (Å²) in [5.41, 5.74) is 0.926. The van der Waals surface area contributed by atoms with Crippen LogP contribution in [0.3, 0.4) is 0 Å². The fourth-order valence-electron chi connectivity index (χ4n) is 1.11. The van der Waals surface area contributed by atoms with Crippen molar-refractivity contribution in [3.05, 3.63) is 30.3 Å². The van der Waals surface area contributed by atoms with Crippen molar-refractivity contribution in [2.24, 2.45) is 0 Å². The van der Waals surface area contributed by atoms with Crippen LogP contribution < -0.4 is 10.6 Å². The first-order valence-electron chi connectivity index (χ1n) is 4.99. The molecule has 0 unspecified atom stereocenters. The van der Waals surface area contributed by atoms with Crippen molar-refractivity contribution >= 4 is 11.6 Å². The minimum Gasteiger partial charge on any atom is -0.396 e. The molecule has 1 aromatic carbocycles. The van der Waals surface area contributed by atoms with Crippen LogP contribution in [-0.4, -0.2) is 30.7 Å². The Morgan fingerprint density at radius 1 is 1.27 bits per heavy atom. The van der Waals surface area contributed by atoms with Gasteiger partial charge in [0.25, 0.3) is 0 Å². The van der Waals surface area contributed by atoms with Gasteiger partial charge in [0.05, 0.1) is 6.54 Å². The molecule has 0 fully saturated rings. The van der Waals surface area contributed by atoms with Crippen LogP contribution in [0.25, 0.3) is 0 Å². The minimum absolute atomic E-state index is 0.0627. The van der Waals surface area contributed by atoms with Crippen LogP contribution in [0.5, 0.6) is 0 Å². The third-order valence-corrected chi connectivity index (χ3v) is 1.88. The van der Waals surface area contributed by atoms with Crippen molar-refractivity contribution in [3.63, 3.8) is 0 Å². The maximum atomic E-state index is 11.2. The van der Waals surface area contributed by atoms with Crippen molar-refractivity contribution in [2.75, 3.05) is 25.0 Å². The molecule has 0 aliphatic rings. The van der Waals surface area contributed by atoms with Crippen LogP contribution >= 0.6 is 0 Å². The van der Waals surface area contributed by atoms with Crippen LogP contribution in [0.2, 0.25) is 0 Å². The number of anilines is 1. The van der Waals surface area contributed by atoms with Crippen molar-refractivity contribution in [1.82, 2.24) is 5.32 Å². The summed E-state index contributed by atoms with van der Waals surface area (Å²) in [6.07, 6.45) is 0.594. The predicted octanol–water partition coefficient (Wildman–Crippen LogP) is 0.597. The van der Waals surface area contributed by atoms with Crippen molar-refractivity contribution in [3.8, 4) is 0 Å². The summed E-state index contributed by atoms with van der Waals surface area (Å²) in [6.45, 7) is 0.883. The molecular formula is C11H16N2O2. The molecule has 0 bridgehead atoms. The molecule has 0 saturated carbocycles. The molecule has 0 aliphatic heterocycles. The Kier molecular flexibility index (Phi) is 5.25. The van der Waals surface area contributed by atoms with Gasteiger partial charge < -0.3 is 15.7 Å². The first-order chi connectivity index (χ1) is 7.33. The third kappa shape index (κ3) is 5.02. The van der Waals surface area contributed by atoms with E-state index in [1.165, 1.54) is 0 Å². The maximum absolute atomic E-state index is 11.2. The number of amides is 1. The average Bonchev–Trinajstić information content (AvgIpc) is 2.28. The Morgan fingerprint density at radius 3 is 2.67 bits per heavy atom. The Bertz CT molecular complexity index is 288. The molecular weight excluding hydrogens is 192 g/mol. The fourth-order valence-corrected chi connectivity index (χ4v) is 1.11. The predicted molar refractivity (Wildman–Crippen MR) is 59.6 cm³/mol. The lowest BCUT2D eigenvalue weighted by atomic mass is 10.3. The molecule has 3 N–H and O–H groups in total. The molecule has 4 nitrogen and oxygen atoms in total. The highest BCUT2D eigenvalue weighted by Gasteiger charge is 1.98. The SMILES string of the molecule is O=C(CNc1ccccc1)NCCCO. The molecule has 1 aromatic rings. The topological polar surface area (TPSA) is 61.4 Å². The molecule has 1 rings (SSSR count). The van der Waals surface area contributed by atoms with E-state index < -0.39 is 0 Å². The van der Waals surface area contributed by atoms with Gasteiger partial charge in [-0.15, -0.1) is 0 Å². The summed E-state index contributed by atoms with van der Waals surface area (Å²) in [6, 6.07) is 9.55. The summed E-state index contributed by atoms with van der Waals surface area (Å²) in [4.78, 5) is 11.2. The Balaban J connectivity index is 2.17. The second-order valence-electron chi connectivity index (χ2n) is 3.15. The quantitative estimate of drug-likeness (QED) is 0.600. The zero-order valence-corrected chi connectivity index (χ0v) is 8.57. The van der Waals surface area contributed by atoms with E-state index in [1.54, 1.807) is 0 Å². The van der Waals surface area contributed by atoms with Crippen molar-refractivity contribution < 1.29 is 9.90 Å². The van der Waals surface area contributed by atoms with Crippen LogP contribution in [0.4, 0.5) is 5.69 Å². The molecule has 0 atom stereocenters. The van der Waals surface area contributed by atoms with Gasteiger partial charge in [0, 0.05) is 18.8 Å². The van der Waals surface area contributed by atoms with Gasteiger partial charge in [-0.2, -0.15) is 0 Å². The van der Waals surface area contributed by atoms with E-state index in [4.69, 9.17) is 5.11 Å². The first kappa shape index (κ1) is 11.5. The van der Waals surface area contributed by atoms with E-state index in [2.05, 4.69) is 10.6 Å². The molecule has 15 heavy (non-hydrogen) atoms. The molecule has 82 valence electrons. The number of aliphatic hydroxyl groups is 1. The number of benzene rings is 1. The second-order valence-corrected chi connectivity index (χ2v) is 3.15. The largest absolute Gasteiger partial charge is 0.396 e. The highest BCUT2D eigenvalue weighted by Crippen LogP contribution is 2.03. The van der Waals surface area contributed by atoms with Crippen LogP contribution in [0.1, 0.15) is 6.42 Å². The number of carbonyl (C=O) groups is 1. The number of hydrogen-bond acceptors (Lipinski definition) is 3. The summed E-state index contributed by atoms with van der Waals surface area (Å²) >= 11 is 0. The maximum Gasteiger partial charge on any atom is 0.239 e. The molecule has 0 heterocycles. The van der Waals surface area contributed by atoms with E-state index in [0.29, 0.717) is 13.0 Å². The van der Waals surface area contributed by atoms with E-state index in [0.717, 1.165) is 5.69 Å². The zero-order chi connectivity index (χ0) is 10.9. The molecule has 4 heteroatoms. The van der Waals surface area contributed by atoms with Crippen LogP contribution in [-0.2, 0) is 4.79 Å². The number of carbonyl (C=O) groups excluding carboxylic acids is 1. The van der Waals surface area contributed by atoms with E-state index in [9.17, 15) is 4.79 Å². The van der Waals surface area contributed by atoms with Gasteiger partial charge >= 0.3 is 0 Å². The smallest absolute Gasteiger partial charge is 0.239 e. The second kappa shape index (κ2) is 6.84. The number of para-hydroxylation sites is 1. The Labute approximate surface area is 89.3 Å². The van der Waals surface area contributed by atoms with E-state index in [1.807, 2.05) is 30.3 Å². The van der Waals surface area contributed by atoms with Crippen LogP contribution in [0.15, 0.2) is 30.3 Å².